The van der Waals surface area contributed by atoms with Crippen molar-refractivity contribution in [1.82, 2.24) is 9.99 Å². The summed E-state index contributed by atoms with van der Waals surface area (Å²) >= 11 is 0. The Morgan fingerprint density at radius 3 is 2.52 bits per heavy atom. The van der Waals surface area contributed by atoms with Crippen molar-refractivity contribution in [2.45, 2.75) is 11.5 Å². The van der Waals surface area contributed by atoms with Crippen molar-refractivity contribution in [2.75, 3.05) is 6.54 Å². The van der Waals surface area contributed by atoms with Crippen LogP contribution in [0.4, 0.5) is 17.6 Å². The highest BCUT2D eigenvalue weighted by molar-refractivity contribution is 5.54. The fraction of sp³-hybridized carbons (Fsp3) is 0.130. The van der Waals surface area contributed by atoms with Crippen molar-refractivity contribution >= 4 is 6.34 Å². The van der Waals surface area contributed by atoms with E-state index in [4.69, 9.17) is 11.7 Å². The summed E-state index contributed by atoms with van der Waals surface area (Å²) in [5, 5.41) is 14.7. The number of hydrogen-bond acceptors (Lipinski definition) is 5. The number of allylic oxidation sites excluding steroid dienone is 4. The Labute approximate surface area is 188 Å². The van der Waals surface area contributed by atoms with E-state index in [0.717, 1.165) is 24.7 Å². The molecule has 0 amide bonds. The summed E-state index contributed by atoms with van der Waals surface area (Å²) in [6.45, 7) is 6.09. The molecule has 0 bridgehead atoms. The van der Waals surface area contributed by atoms with E-state index >= 15 is 8.78 Å². The van der Waals surface area contributed by atoms with E-state index in [0.29, 0.717) is 28.3 Å². The maximum atomic E-state index is 15.6. The van der Waals surface area contributed by atoms with Crippen LogP contribution < -0.4 is 11.7 Å². The van der Waals surface area contributed by atoms with Gasteiger partial charge in [-0.3, -0.25) is 9.99 Å². The first-order valence-corrected chi connectivity index (χ1v) is 9.33. The number of aliphatic hydroxyl groups is 1. The second-order valence-corrected chi connectivity index (χ2v) is 6.74. The van der Waals surface area contributed by atoms with Crippen LogP contribution in [0.1, 0.15) is 16.8 Å². The largest absolute Gasteiger partial charge is 0.377 e. The SMILES string of the molecule is C=C/C=C(/C#Cc1ccc(C(F)(F)C(O)(CN(N)/C=N\N)c2ccc(F)cc2F)nc1)C=C. The number of alkyl halides is 2. The Hall–Kier alpha value is -3.94. The first kappa shape index (κ1) is 25.3. The number of benzene rings is 1. The monoisotopic (exact) mass is 459 g/mol. The summed E-state index contributed by atoms with van der Waals surface area (Å²) in [7, 11) is 0. The molecule has 10 heteroatoms. The summed E-state index contributed by atoms with van der Waals surface area (Å²) in [5.74, 6) is 9.40. The normalized spacial score (nSPS) is 13.7. The molecule has 1 atom stereocenters. The first-order valence-electron chi connectivity index (χ1n) is 9.33. The third-order valence-corrected chi connectivity index (χ3v) is 4.48. The lowest BCUT2D eigenvalue weighted by molar-refractivity contribution is -0.203. The van der Waals surface area contributed by atoms with E-state index in [1.165, 1.54) is 18.2 Å². The minimum atomic E-state index is -4.19. The average Bonchev–Trinajstić information content (AvgIpc) is 2.76. The second kappa shape index (κ2) is 10.6. The summed E-state index contributed by atoms with van der Waals surface area (Å²) in [4.78, 5) is 3.70. The Bertz CT molecular complexity index is 1140. The number of halogens is 4. The molecule has 0 spiro atoms. The highest BCUT2D eigenvalue weighted by Gasteiger charge is 2.58. The molecule has 2 rings (SSSR count). The van der Waals surface area contributed by atoms with Gasteiger partial charge in [0.25, 0.3) is 0 Å². The van der Waals surface area contributed by atoms with Crippen LogP contribution in [0.15, 0.2) is 78.6 Å². The van der Waals surface area contributed by atoms with E-state index in [9.17, 15) is 13.9 Å². The Balaban J connectivity index is 2.54. The molecule has 0 aliphatic heterocycles. The molecule has 1 heterocycles. The third kappa shape index (κ3) is 5.65. The molecule has 0 fully saturated rings. The molecule has 0 aliphatic carbocycles. The van der Waals surface area contributed by atoms with Crippen molar-refractivity contribution in [2.24, 2.45) is 16.8 Å². The number of hydrazone groups is 1. The van der Waals surface area contributed by atoms with Gasteiger partial charge in [-0.05, 0) is 30.3 Å². The zero-order valence-corrected chi connectivity index (χ0v) is 17.4. The number of nitrogens with zero attached hydrogens (tertiary/aromatic N) is 3. The topological polar surface area (TPSA) is 101 Å². The number of nitrogens with two attached hydrogens (primary N) is 2. The number of rotatable bonds is 8. The highest BCUT2D eigenvalue weighted by Crippen LogP contribution is 2.45. The van der Waals surface area contributed by atoms with E-state index < -0.39 is 41.0 Å². The van der Waals surface area contributed by atoms with E-state index in [1.54, 1.807) is 6.08 Å². The van der Waals surface area contributed by atoms with Gasteiger partial charge >= 0.3 is 5.92 Å². The lowest BCUT2D eigenvalue weighted by Crippen LogP contribution is -2.53. The van der Waals surface area contributed by atoms with Gasteiger partial charge in [0.2, 0.25) is 0 Å². The number of aromatic nitrogens is 1. The van der Waals surface area contributed by atoms with Gasteiger partial charge in [-0.15, -0.1) is 0 Å². The van der Waals surface area contributed by atoms with Gasteiger partial charge in [0, 0.05) is 29.0 Å². The molecule has 5 N–H and O–H groups in total. The molecule has 2 aromatic rings. The van der Waals surface area contributed by atoms with Gasteiger partial charge in [-0.1, -0.05) is 37.2 Å². The van der Waals surface area contributed by atoms with Gasteiger partial charge in [-0.25, -0.2) is 14.6 Å². The average molecular weight is 459 g/mol. The van der Waals surface area contributed by atoms with Crippen LogP contribution in [0.25, 0.3) is 0 Å². The Kier molecular flexibility index (Phi) is 8.12. The van der Waals surface area contributed by atoms with Gasteiger partial charge in [-0.2, -0.15) is 13.9 Å². The Morgan fingerprint density at radius 1 is 1.24 bits per heavy atom. The van der Waals surface area contributed by atoms with Crippen LogP contribution in [-0.4, -0.2) is 28.0 Å². The molecule has 0 saturated heterocycles. The molecule has 0 radical (unpaired) electrons. The van der Waals surface area contributed by atoms with Crippen molar-refractivity contribution in [3.63, 3.8) is 0 Å². The number of hydrazine groups is 1. The molecule has 33 heavy (non-hydrogen) atoms. The number of hydrogen-bond donors (Lipinski definition) is 3. The van der Waals surface area contributed by atoms with Crippen molar-refractivity contribution < 1.29 is 22.7 Å². The quantitative estimate of drug-likeness (QED) is 0.107. The van der Waals surface area contributed by atoms with Crippen LogP contribution in [0.3, 0.4) is 0 Å². The summed E-state index contributed by atoms with van der Waals surface area (Å²) < 4.78 is 59.0. The summed E-state index contributed by atoms with van der Waals surface area (Å²) in [5.41, 5.74) is -4.23. The molecule has 1 unspecified atom stereocenters. The van der Waals surface area contributed by atoms with E-state index in [2.05, 4.69) is 35.1 Å². The fourth-order valence-corrected chi connectivity index (χ4v) is 2.87. The van der Waals surface area contributed by atoms with E-state index in [-0.39, 0.29) is 0 Å². The summed E-state index contributed by atoms with van der Waals surface area (Å²) in [6, 6.07) is 3.99. The van der Waals surface area contributed by atoms with E-state index in [1.807, 2.05) is 0 Å². The minimum Gasteiger partial charge on any atom is -0.377 e. The second-order valence-electron chi connectivity index (χ2n) is 6.74. The van der Waals surface area contributed by atoms with Crippen molar-refractivity contribution in [3.05, 3.63) is 102 Å². The van der Waals surface area contributed by atoms with Gasteiger partial charge in [0.15, 0.2) is 5.60 Å². The molecule has 0 aliphatic rings. The lowest BCUT2D eigenvalue weighted by atomic mass is 9.84. The number of pyridine rings is 1. The highest BCUT2D eigenvalue weighted by atomic mass is 19.3. The van der Waals surface area contributed by atoms with Crippen LogP contribution in [0, 0.1) is 23.5 Å². The molecule has 6 nitrogen and oxygen atoms in total. The molecule has 1 aromatic carbocycles. The molecule has 1 aromatic heterocycles. The van der Waals surface area contributed by atoms with Gasteiger partial charge in [0.1, 0.15) is 23.7 Å². The molecular formula is C23H21F4N5O. The standard InChI is InChI=1S/C23H21F4N5O/c1-3-5-16(4-2)6-7-17-8-11-21(30-13-17)23(26,27)22(33,14-32(29)15-31-28)19-10-9-18(24)12-20(19)25/h3-5,8-13,15,33H,1-2,14,28-29H2/b16-5+,31-15-. The van der Waals surface area contributed by atoms with Crippen LogP contribution >= 0.6 is 0 Å². The molecule has 0 saturated carbocycles. The predicted octanol–water partition coefficient (Wildman–Crippen LogP) is 3.07. The van der Waals surface area contributed by atoms with Crippen LogP contribution in [0.2, 0.25) is 0 Å². The van der Waals surface area contributed by atoms with Crippen LogP contribution in [-0.2, 0) is 11.5 Å². The van der Waals surface area contributed by atoms with Crippen LogP contribution in [0.5, 0.6) is 0 Å². The first-order chi connectivity index (χ1) is 15.6. The smallest absolute Gasteiger partial charge is 0.323 e. The van der Waals surface area contributed by atoms with Crippen molar-refractivity contribution in [1.29, 1.82) is 0 Å². The lowest BCUT2D eigenvalue weighted by Gasteiger charge is -2.37. The van der Waals surface area contributed by atoms with Crippen molar-refractivity contribution in [3.8, 4) is 11.8 Å². The van der Waals surface area contributed by atoms with Gasteiger partial charge in [0.05, 0.1) is 6.54 Å². The molecule has 172 valence electrons. The zero-order valence-electron chi connectivity index (χ0n) is 17.4. The third-order valence-electron chi connectivity index (χ3n) is 4.48. The minimum absolute atomic E-state index is 0.290. The maximum Gasteiger partial charge on any atom is 0.323 e. The fourth-order valence-electron chi connectivity index (χ4n) is 2.87. The molecular weight excluding hydrogens is 438 g/mol. The Morgan fingerprint density at radius 2 is 1.97 bits per heavy atom. The maximum absolute atomic E-state index is 15.6. The zero-order chi connectivity index (χ0) is 24.6. The predicted molar refractivity (Wildman–Crippen MR) is 117 cm³/mol. The summed E-state index contributed by atoms with van der Waals surface area (Å²) in [6.07, 6.45) is 6.43. The van der Waals surface area contributed by atoms with Gasteiger partial charge < -0.3 is 10.9 Å².